The molecular formula is C50H45N6OPt-3. The fraction of sp³-hybridized carbons (Fsp3) is 0.200. The fourth-order valence-corrected chi connectivity index (χ4v) is 7.83. The number of para-hydroxylation sites is 1. The van der Waals surface area contributed by atoms with Crippen LogP contribution in [0, 0.1) is 18.8 Å². The number of benzene rings is 4. The molecule has 7 nitrogen and oxygen atoms in total. The molecule has 58 heavy (non-hydrogen) atoms. The maximum absolute atomic E-state index is 6.59. The van der Waals surface area contributed by atoms with Crippen molar-refractivity contribution in [2.45, 2.75) is 65.7 Å². The maximum atomic E-state index is 6.59. The molecule has 1 aliphatic heterocycles. The van der Waals surface area contributed by atoms with E-state index >= 15 is 0 Å². The summed E-state index contributed by atoms with van der Waals surface area (Å²) in [5, 5.41) is 2.23. The first-order valence-corrected chi connectivity index (χ1v) is 19.6. The van der Waals surface area contributed by atoms with Gasteiger partial charge < -0.3 is 19.1 Å². The summed E-state index contributed by atoms with van der Waals surface area (Å²) in [5.74, 6) is 2.56. The predicted molar refractivity (Wildman–Crippen MR) is 232 cm³/mol. The minimum absolute atomic E-state index is 0. The summed E-state index contributed by atoms with van der Waals surface area (Å²) in [6, 6.07) is 42.8. The smallest absolute Gasteiger partial charge is 0.135 e. The van der Waals surface area contributed by atoms with E-state index in [2.05, 4.69) is 159 Å². The number of aromatic nitrogens is 4. The van der Waals surface area contributed by atoms with Gasteiger partial charge in [0.15, 0.2) is 0 Å². The van der Waals surface area contributed by atoms with Gasteiger partial charge in [-0.05, 0) is 87.9 Å². The molecule has 0 spiro atoms. The summed E-state index contributed by atoms with van der Waals surface area (Å²) in [4.78, 5) is 18.6. The van der Waals surface area contributed by atoms with E-state index in [4.69, 9.17) is 14.7 Å². The topological polar surface area (TPSA) is 59.3 Å². The molecule has 9 rings (SSSR count). The zero-order valence-electron chi connectivity index (χ0n) is 33.8. The van der Waals surface area contributed by atoms with Crippen LogP contribution in [0.5, 0.6) is 11.5 Å². The van der Waals surface area contributed by atoms with Crippen LogP contribution in [0.3, 0.4) is 0 Å². The normalized spacial score (nSPS) is 12.8. The van der Waals surface area contributed by atoms with Crippen molar-refractivity contribution >= 4 is 44.6 Å². The third-order valence-electron chi connectivity index (χ3n) is 10.8. The molecule has 4 aromatic heterocycles. The predicted octanol–water partition coefficient (Wildman–Crippen LogP) is 13.0. The average Bonchev–Trinajstić information content (AvgIpc) is 3.76. The van der Waals surface area contributed by atoms with E-state index in [1.54, 1.807) is 0 Å². The second-order valence-electron chi connectivity index (χ2n) is 16.3. The summed E-state index contributed by atoms with van der Waals surface area (Å²) in [6.45, 7) is 17.9. The molecule has 294 valence electrons. The number of anilines is 4. The zero-order valence-corrected chi connectivity index (χ0v) is 36.0. The number of ether oxygens (including phenoxy) is 1. The Morgan fingerprint density at radius 3 is 2.17 bits per heavy atom. The fourth-order valence-electron chi connectivity index (χ4n) is 7.83. The van der Waals surface area contributed by atoms with Gasteiger partial charge in [0.2, 0.25) is 0 Å². The summed E-state index contributed by atoms with van der Waals surface area (Å²) in [5.41, 5.74) is 11.8. The van der Waals surface area contributed by atoms with Crippen molar-refractivity contribution in [3.05, 3.63) is 163 Å². The Balaban J connectivity index is 0.00000469. The molecule has 8 heteroatoms. The third-order valence-corrected chi connectivity index (χ3v) is 10.8. The van der Waals surface area contributed by atoms with Crippen molar-refractivity contribution in [1.29, 1.82) is 0 Å². The van der Waals surface area contributed by atoms with Gasteiger partial charge in [-0.3, -0.25) is 9.97 Å². The Morgan fingerprint density at radius 2 is 1.43 bits per heavy atom. The Morgan fingerprint density at radius 1 is 0.672 bits per heavy atom. The molecule has 1 aliphatic rings. The van der Waals surface area contributed by atoms with Crippen LogP contribution in [0.25, 0.3) is 38.9 Å². The van der Waals surface area contributed by atoms with Crippen LogP contribution in [0.1, 0.15) is 77.0 Å². The summed E-state index contributed by atoms with van der Waals surface area (Å²) in [7, 11) is 0. The van der Waals surface area contributed by atoms with Crippen molar-refractivity contribution < 1.29 is 25.8 Å². The average molecular weight is 941 g/mol. The molecule has 0 fully saturated rings. The minimum Gasteiger partial charge on any atom is -0.509 e. The molecule has 0 atom stereocenters. The SMILES string of the molecule is CC(C)c1cc(-c2ccccn2)cc(C(C)C)c1N1[CH-]N(c2[c-]c(Oc3[c-]c4c(cc3)c3ccccc3n4-c3cc(C(C)(C)C)ccn3)ccc2)c2cnccc21.[Pt]. The monoisotopic (exact) mass is 940 g/mol. The van der Waals surface area contributed by atoms with E-state index in [0.717, 1.165) is 55.9 Å². The van der Waals surface area contributed by atoms with Crippen molar-refractivity contribution in [3.63, 3.8) is 0 Å². The van der Waals surface area contributed by atoms with Gasteiger partial charge >= 0.3 is 0 Å². The van der Waals surface area contributed by atoms with Gasteiger partial charge in [0, 0.05) is 79.8 Å². The van der Waals surface area contributed by atoms with Crippen LogP contribution in [0.15, 0.2) is 128 Å². The summed E-state index contributed by atoms with van der Waals surface area (Å²) < 4.78 is 8.77. The van der Waals surface area contributed by atoms with Gasteiger partial charge in [0.25, 0.3) is 0 Å². The van der Waals surface area contributed by atoms with Crippen LogP contribution in [0.4, 0.5) is 22.7 Å². The number of nitrogens with zero attached hydrogens (tertiary/aromatic N) is 6. The zero-order chi connectivity index (χ0) is 39.4. The Kier molecular flexibility index (Phi) is 10.5. The van der Waals surface area contributed by atoms with E-state index in [1.165, 1.54) is 22.4 Å². The van der Waals surface area contributed by atoms with Crippen LogP contribution < -0.4 is 14.5 Å². The Hall–Kier alpha value is -5.78. The number of fused-ring (bicyclic) bond motifs is 4. The van der Waals surface area contributed by atoms with Gasteiger partial charge in [-0.25, -0.2) is 4.98 Å². The van der Waals surface area contributed by atoms with Crippen molar-refractivity contribution in [2.24, 2.45) is 0 Å². The molecule has 0 saturated carbocycles. The Labute approximate surface area is 355 Å². The molecule has 0 N–H and O–H groups in total. The molecule has 0 aliphatic carbocycles. The standard InChI is InChI=1S/C50H45N6O.Pt/c1-32(2)41-25-34(43-16-10-11-22-52-43)26-42(33(3)4)49(41)55-31-54(47-30-51-23-21-45(47)55)36-13-12-14-37(28-36)57-38-18-19-40-39-15-8-9-17-44(39)56(46(40)29-38)48-27-35(20-24-53-48)50(5,6)7;/h8-27,30-33H,1-7H3;/q-3;. The van der Waals surface area contributed by atoms with E-state index in [-0.39, 0.29) is 38.3 Å². The van der Waals surface area contributed by atoms with Gasteiger partial charge in [0.1, 0.15) is 5.82 Å². The van der Waals surface area contributed by atoms with Crippen molar-refractivity contribution in [3.8, 4) is 28.6 Å². The van der Waals surface area contributed by atoms with Crippen molar-refractivity contribution in [2.75, 3.05) is 9.80 Å². The first-order chi connectivity index (χ1) is 27.5. The van der Waals surface area contributed by atoms with E-state index < -0.39 is 0 Å². The van der Waals surface area contributed by atoms with Gasteiger partial charge in [-0.15, -0.1) is 48.1 Å². The van der Waals surface area contributed by atoms with Gasteiger partial charge in [0.05, 0.1) is 11.4 Å². The van der Waals surface area contributed by atoms with Crippen LogP contribution in [-0.4, -0.2) is 19.5 Å². The molecule has 4 aromatic carbocycles. The second-order valence-corrected chi connectivity index (χ2v) is 16.3. The minimum atomic E-state index is -0.0200. The number of pyridine rings is 3. The van der Waals surface area contributed by atoms with E-state index in [1.807, 2.05) is 55.1 Å². The molecule has 0 bridgehead atoms. The molecular weight excluding hydrogens is 896 g/mol. The molecule has 0 saturated heterocycles. The van der Waals surface area contributed by atoms with Gasteiger partial charge in [-0.2, -0.15) is 12.1 Å². The quantitative estimate of drug-likeness (QED) is 0.142. The molecule has 0 unspecified atom stereocenters. The van der Waals surface area contributed by atoms with Crippen molar-refractivity contribution in [1.82, 2.24) is 19.5 Å². The third kappa shape index (κ3) is 7.07. The maximum Gasteiger partial charge on any atom is 0.135 e. The summed E-state index contributed by atoms with van der Waals surface area (Å²) >= 11 is 0. The first-order valence-electron chi connectivity index (χ1n) is 19.6. The van der Waals surface area contributed by atoms with Gasteiger partial charge in [-0.1, -0.05) is 78.2 Å². The number of hydrogen-bond acceptors (Lipinski definition) is 6. The Bertz CT molecular complexity index is 2740. The number of hydrogen-bond donors (Lipinski definition) is 0. The van der Waals surface area contributed by atoms with E-state index in [0.29, 0.717) is 11.5 Å². The largest absolute Gasteiger partial charge is 0.509 e. The van der Waals surface area contributed by atoms with Crippen LogP contribution in [-0.2, 0) is 26.5 Å². The van der Waals surface area contributed by atoms with Crippen LogP contribution >= 0.6 is 0 Å². The molecule has 8 aromatic rings. The molecule has 0 amide bonds. The summed E-state index contributed by atoms with van der Waals surface area (Å²) in [6.07, 6.45) is 7.53. The van der Waals surface area contributed by atoms with E-state index in [9.17, 15) is 0 Å². The van der Waals surface area contributed by atoms with Crippen LogP contribution in [0.2, 0.25) is 0 Å². The molecule has 5 heterocycles. The molecule has 0 radical (unpaired) electrons. The first kappa shape index (κ1) is 39.1. The second kappa shape index (κ2) is 15.5. The number of rotatable bonds is 8.